The van der Waals surface area contributed by atoms with Crippen molar-refractivity contribution in [2.45, 2.75) is 20.0 Å². The predicted octanol–water partition coefficient (Wildman–Crippen LogP) is 4.41. The minimum atomic E-state index is -0.0228. The van der Waals surface area contributed by atoms with Gasteiger partial charge in [0.1, 0.15) is 10.2 Å². The number of hydrogen-bond donors (Lipinski definition) is 0. The monoisotopic (exact) mass is 504 g/mol. The fourth-order valence-corrected chi connectivity index (χ4v) is 4.80. The molecule has 1 aromatic heterocycles. The van der Waals surface area contributed by atoms with E-state index in [2.05, 4.69) is 37.3 Å². The number of para-hydroxylation sites is 1. The summed E-state index contributed by atoms with van der Waals surface area (Å²) in [7, 11) is 1.68. The van der Waals surface area contributed by atoms with Crippen LogP contribution in [0.2, 0.25) is 5.02 Å². The van der Waals surface area contributed by atoms with E-state index in [-0.39, 0.29) is 5.56 Å². The van der Waals surface area contributed by atoms with Crippen LogP contribution in [-0.4, -0.2) is 47.6 Å². The number of nitrogens with zero attached hydrogens (tertiary/aromatic N) is 4. The molecule has 31 heavy (non-hydrogen) atoms. The molecule has 1 aliphatic heterocycles. The maximum Gasteiger partial charge on any atom is 0.286 e. The van der Waals surface area contributed by atoms with Gasteiger partial charge in [-0.05, 0) is 53.2 Å². The van der Waals surface area contributed by atoms with Crippen molar-refractivity contribution >= 4 is 33.2 Å². The van der Waals surface area contributed by atoms with E-state index in [1.165, 1.54) is 0 Å². The van der Waals surface area contributed by atoms with Gasteiger partial charge in [0, 0.05) is 44.3 Å². The van der Waals surface area contributed by atoms with E-state index >= 15 is 0 Å². The van der Waals surface area contributed by atoms with Crippen LogP contribution < -0.4 is 15.2 Å². The molecule has 0 aliphatic carbocycles. The molecule has 8 heteroatoms. The Balaban J connectivity index is 1.53. The third-order valence-corrected chi connectivity index (χ3v) is 6.75. The Kier molecular flexibility index (Phi) is 6.74. The lowest BCUT2D eigenvalue weighted by Gasteiger charge is -2.36. The maximum atomic E-state index is 13.0. The summed E-state index contributed by atoms with van der Waals surface area (Å²) in [6.45, 7) is 6.99. The summed E-state index contributed by atoms with van der Waals surface area (Å²) in [4.78, 5) is 17.7. The van der Waals surface area contributed by atoms with E-state index in [4.69, 9.17) is 16.3 Å². The first kappa shape index (κ1) is 22.0. The van der Waals surface area contributed by atoms with Crippen molar-refractivity contribution in [2.75, 3.05) is 38.2 Å². The first-order valence-electron chi connectivity index (χ1n) is 10.4. The minimum absolute atomic E-state index is 0.0228. The lowest BCUT2D eigenvalue weighted by Crippen LogP contribution is -2.46. The smallest absolute Gasteiger partial charge is 0.286 e. The van der Waals surface area contributed by atoms with Gasteiger partial charge < -0.3 is 9.64 Å². The largest absolute Gasteiger partial charge is 0.495 e. The Morgan fingerprint density at radius 1 is 1.06 bits per heavy atom. The summed E-state index contributed by atoms with van der Waals surface area (Å²) in [5, 5.41) is 0.705. The number of piperazine rings is 1. The second kappa shape index (κ2) is 9.51. The molecular formula is C23H26BrClN4O2. The quantitative estimate of drug-likeness (QED) is 0.498. The van der Waals surface area contributed by atoms with Crippen LogP contribution in [0.3, 0.4) is 0 Å². The summed E-state index contributed by atoms with van der Waals surface area (Å²) >= 11 is 9.78. The number of hydrogen-bond acceptors (Lipinski definition) is 4. The van der Waals surface area contributed by atoms with E-state index in [0.29, 0.717) is 22.6 Å². The van der Waals surface area contributed by atoms with Crippen LogP contribution >= 0.6 is 27.5 Å². The van der Waals surface area contributed by atoms with Crippen LogP contribution in [-0.2, 0) is 13.1 Å². The Bertz CT molecular complexity index is 1100. The topological polar surface area (TPSA) is 42.6 Å². The molecule has 1 aliphatic rings. The molecule has 0 spiro atoms. The van der Waals surface area contributed by atoms with Crippen molar-refractivity contribution in [3.05, 3.63) is 74.1 Å². The molecular weight excluding hydrogens is 480 g/mol. The molecule has 2 heterocycles. The van der Waals surface area contributed by atoms with E-state index in [1.54, 1.807) is 11.8 Å². The van der Waals surface area contributed by atoms with Crippen LogP contribution in [0.15, 0.2) is 57.8 Å². The van der Waals surface area contributed by atoms with Gasteiger partial charge in [0.15, 0.2) is 0 Å². The van der Waals surface area contributed by atoms with Crippen LogP contribution in [0.4, 0.5) is 5.69 Å². The number of rotatable bonds is 6. The average molecular weight is 506 g/mol. The highest BCUT2D eigenvalue weighted by Gasteiger charge is 2.24. The van der Waals surface area contributed by atoms with Crippen molar-refractivity contribution in [3.63, 3.8) is 0 Å². The Hall–Kier alpha value is -2.22. The van der Waals surface area contributed by atoms with Crippen molar-refractivity contribution in [1.29, 1.82) is 0 Å². The molecule has 0 amide bonds. The molecule has 1 fully saturated rings. The van der Waals surface area contributed by atoms with Gasteiger partial charge >= 0.3 is 0 Å². The molecule has 3 aromatic rings. The van der Waals surface area contributed by atoms with Crippen LogP contribution in [0.1, 0.15) is 12.6 Å². The van der Waals surface area contributed by atoms with Crippen molar-refractivity contribution in [2.24, 2.45) is 0 Å². The number of anilines is 1. The number of ether oxygens (including phenoxy) is 1. The highest BCUT2D eigenvalue weighted by molar-refractivity contribution is 9.10. The van der Waals surface area contributed by atoms with Gasteiger partial charge in [-0.3, -0.25) is 14.4 Å². The fraction of sp³-hybridized carbons (Fsp3) is 0.348. The molecule has 1 saturated heterocycles. The number of aromatic nitrogens is 2. The molecule has 2 aromatic carbocycles. The van der Waals surface area contributed by atoms with Gasteiger partial charge in [0.25, 0.3) is 5.56 Å². The third kappa shape index (κ3) is 4.40. The van der Waals surface area contributed by atoms with Gasteiger partial charge in [-0.15, -0.1) is 0 Å². The van der Waals surface area contributed by atoms with E-state index in [9.17, 15) is 4.79 Å². The van der Waals surface area contributed by atoms with Gasteiger partial charge in [-0.1, -0.05) is 29.8 Å². The molecule has 0 atom stereocenters. The van der Waals surface area contributed by atoms with Crippen LogP contribution in [0, 0.1) is 0 Å². The first-order chi connectivity index (χ1) is 15.0. The standard InChI is InChI=1S/C23H26BrClN4O2/c1-3-28-20(22(24)23(30)29(28)18-7-5-4-6-8-18)16-26-11-13-27(14-12-26)19-15-17(25)9-10-21(19)31-2/h4-10,15H,3,11-14,16H2,1-2H3. The molecule has 0 radical (unpaired) electrons. The minimum Gasteiger partial charge on any atom is -0.495 e. The van der Waals surface area contributed by atoms with E-state index < -0.39 is 0 Å². The van der Waals surface area contributed by atoms with Gasteiger partial charge in [-0.25, -0.2) is 4.68 Å². The zero-order valence-electron chi connectivity index (χ0n) is 17.7. The Labute approximate surface area is 195 Å². The van der Waals surface area contributed by atoms with Gasteiger partial charge in [0.2, 0.25) is 0 Å². The fourth-order valence-electron chi connectivity index (χ4n) is 4.14. The number of halogens is 2. The Morgan fingerprint density at radius 2 is 1.77 bits per heavy atom. The summed E-state index contributed by atoms with van der Waals surface area (Å²) < 4.78 is 9.98. The third-order valence-electron chi connectivity index (χ3n) is 5.71. The van der Waals surface area contributed by atoms with Crippen LogP contribution in [0.5, 0.6) is 5.75 Å². The molecule has 4 rings (SSSR count). The molecule has 0 saturated carbocycles. The van der Waals surface area contributed by atoms with E-state index in [1.807, 2.05) is 48.5 Å². The highest BCUT2D eigenvalue weighted by Crippen LogP contribution is 2.32. The predicted molar refractivity (Wildman–Crippen MR) is 129 cm³/mol. The van der Waals surface area contributed by atoms with Crippen molar-refractivity contribution in [3.8, 4) is 11.4 Å². The first-order valence-corrected chi connectivity index (χ1v) is 11.6. The molecule has 0 unspecified atom stereocenters. The van der Waals surface area contributed by atoms with Crippen LogP contribution in [0.25, 0.3) is 5.69 Å². The summed E-state index contributed by atoms with van der Waals surface area (Å²) in [5.74, 6) is 0.834. The summed E-state index contributed by atoms with van der Waals surface area (Å²) in [6.07, 6.45) is 0. The highest BCUT2D eigenvalue weighted by atomic mass is 79.9. The normalized spacial score (nSPS) is 14.8. The lowest BCUT2D eigenvalue weighted by atomic mass is 10.2. The zero-order valence-corrected chi connectivity index (χ0v) is 20.1. The van der Waals surface area contributed by atoms with Gasteiger partial charge in [0.05, 0.1) is 24.2 Å². The SMILES string of the molecule is CCn1c(CN2CCN(c3cc(Cl)ccc3OC)CC2)c(Br)c(=O)n1-c1ccccc1. The lowest BCUT2D eigenvalue weighted by molar-refractivity contribution is 0.240. The molecule has 164 valence electrons. The zero-order chi connectivity index (χ0) is 22.0. The van der Waals surface area contributed by atoms with Gasteiger partial charge in [-0.2, -0.15) is 0 Å². The summed E-state index contributed by atoms with van der Waals surface area (Å²) in [6, 6.07) is 15.5. The average Bonchev–Trinajstić information content (AvgIpc) is 3.04. The number of methoxy groups -OCH3 is 1. The summed E-state index contributed by atoms with van der Waals surface area (Å²) in [5.41, 5.74) is 2.88. The maximum absolute atomic E-state index is 13.0. The number of benzene rings is 2. The molecule has 0 N–H and O–H groups in total. The molecule has 0 bridgehead atoms. The van der Waals surface area contributed by atoms with Crippen molar-refractivity contribution in [1.82, 2.24) is 14.3 Å². The van der Waals surface area contributed by atoms with Crippen molar-refractivity contribution < 1.29 is 4.74 Å². The molecule has 6 nitrogen and oxygen atoms in total. The second-order valence-corrected chi connectivity index (χ2v) is 8.74. The second-order valence-electron chi connectivity index (χ2n) is 7.51. The van der Waals surface area contributed by atoms with E-state index in [0.717, 1.165) is 49.0 Å². The Morgan fingerprint density at radius 3 is 2.42 bits per heavy atom.